The number of hydrogen-bond acceptors (Lipinski definition) is 4. The topological polar surface area (TPSA) is 59.3 Å². The molecule has 1 aromatic carbocycles. The highest BCUT2D eigenvalue weighted by Gasteiger charge is 2.12. The summed E-state index contributed by atoms with van der Waals surface area (Å²) in [6, 6.07) is 8.13. The molecule has 0 saturated carbocycles. The number of aromatic nitrogens is 3. The van der Waals surface area contributed by atoms with Crippen LogP contribution in [0.1, 0.15) is 37.4 Å². The molecule has 24 heavy (non-hydrogen) atoms. The van der Waals surface area contributed by atoms with Crippen molar-refractivity contribution in [3.8, 4) is 11.4 Å². The Balaban J connectivity index is 1.70. The van der Waals surface area contributed by atoms with Gasteiger partial charge in [0.1, 0.15) is 0 Å². The van der Waals surface area contributed by atoms with Crippen molar-refractivity contribution in [2.75, 3.05) is 6.54 Å². The van der Waals surface area contributed by atoms with Crippen LogP contribution in [0.5, 0.6) is 0 Å². The monoisotopic (exact) mass is 342 g/mol. The molecule has 3 aromatic rings. The Morgan fingerprint density at radius 1 is 1.33 bits per heavy atom. The smallest absolute Gasteiger partial charge is 0.220 e. The number of carbonyl (C=O) groups is 1. The first-order valence-electron chi connectivity index (χ1n) is 8.35. The quantitative estimate of drug-likeness (QED) is 0.713. The number of fused-ring (bicyclic) bond motifs is 1. The van der Waals surface area contributed by atoms with Gasteiger partial charge in [0, 0.05) is 30.3 Å². The van der Waals surface area contributed by atoms with Gasteiger partial charge in [-0.1, -0.05) is 37.6 Å². The maximum Gasteiger partial charge on any atom is 0.220 e. The molecule has 0 aliphatic heterocycles. The molecule has 0 saturated heterocycles. The van der Waals surface area contributed by atoms with Crippen LogP contribution in [0.2, 0.25) is 0 Å². The zero-order chi connectivity index (χ0) is 16.9. The number of nitrogens with zero attached hydrogens (tertiary/aromatic N) is 3. The van der Waals surface area contributed by atoms with Gasteiger partial charge in [0.2, 0.25) is 10.9 Å². The lowest BCUT2D eigenvalue weighted by Crippen LogP contribution is -2.25. The number of thiazole rings is 1. The van der Waals surface area contributed by atoms with Crippen molar-refractivity contribution in [3.05, 3.63) is 40.9 Å². The molecular weight excluding hydrogens is 320 g/mol. The molecular formula is C18H22N4OS. The van der Waals surface area contributed by atoms with Crippen molar-refractivity contribution >= 4 is 22.2 Å². The molecule has 2 heterocycles. The largest absolute Gasteiger partial charge is 0.356 e. The van der Waals surface area contributed by atoms with Crippen molar-refractivity contribution in [2.24, 2.45) is 0 Å². The number of hydrogen-bond donors (Lipinski definition) is 1. The van der Waals surface area contributed by atoms with E-state index in [1.165, 1.54) is 5.56 Å². The van der Waals surface area contributed by atoms with Gasteiger partial charge in [0.05, 0.1) is 5.69 Å². The number of rotatable bonds is 7. The van der Waals surface area contributed by atoms with Gasteiger partial charge in [-0.15, -0.1) is 16.4 Å². The number of aryl methyl sites for hydroxylation is 1. The number of nitrogens with one attached hydrogen (secondary N) is 1. The van der Waals surface area contributed by atoms with E-state index in [9.17, 15) is 4.79 Å². The first-order valence-corrected chi connectivity index (χ1v) is 9.23. The van der Waals surface area contributed by atoms with E-state index in [4.69, 9.17) is 0 Å². The third-order valence-corrected chi connectivity index (χ3v) is 4.86. The Hall–Kier alpha value is -2.21. The summed E-state index contributed by atoms with van der Waals surface area (Å²) in [6.07, 6.45) is 3.35. The molecule has 1 N–H and O–H groups in total. The first kappa shape index (κ1) is 16.6. The predicted molar refractivity (Wildman–Crippen MR) is 97.3 cm³/mol. The van der Waals surface area contributed by atoms with E-state index < -0.39 is 0 Å². The van der Waals surface area contributed by atoms with Crippen LogP contribution in [-0.4, -0.2) is 27.0 Å². The van der Waals surface area contributed by atoms with E-state index in [-0.39, 0.29) is 5.91 Å². The molecule has 6 heteroatoms. The standard InChI is InChI=1S/C18H22N4OS/c1-3-4-9-16(23)19-11-10-14-12-24-18-20-17(21-22(14)18)15-8-6-5-7-13(15)2/h5-8,12H,3-4,9-11H2,1-2H3,(H,19,23). The Labute approximate surface area is 145 Å². The zero-order valence-corrected chi connectivity index (χ0v) is 14.9. The average Bonchev–Trinajstić information content (AvgIpc) is 3.15. The van der Waals surface area contributed by atoms with Crippen LogP contribution in [0.3, 0.4) is 0 Å². The zero-order valence-electron chi connectivity index (χ0n) is 14.1. The van der Waals surface area contributed by atoms with Gasteiger partial charge in [-0.25, -0.2) is 4.52 Å². The highest BCUT2D eigenvalue weighted by Crippen LogP contribution is 2.23. The summed E-state index contributed by atoms with van der Waals surface area (Å²) in [4.78, 5) is 17.2. The second kappa shape index (κ2) is 7.57. The molecule has 0 aliphatic rings. The molecule has 0 unspecified atom stereocenters. The van der Waals surface area contributed by atoms with Gasteiger partial charge < -0.3 is 5.32 Å². The van der Waals surface area contributed by atoms with E-state index in [0.717, 1.165) is 41.3 Å². The lowest BCUT2D eigenvalue weighted by atomic mass is 10.1. The molecule has 2 aromatic heterocycles. The van der Waals surface area contributed by atoms with Gasteiger partial charge in [-0.05, 0) is 18.9 Å². The maximum atomic E-state index is 11.7. The fraction of sp³-hybridized carbons (Fsp3) is 0.389. The van der Waals surface area contributed by atoms with E-state index in [0.29, 0.717) is 13.0 Å². The van der Waals surface area contributed by atoms with Crippen LogP contribution in [0.25, 0.3) is 16.3 Å². The molecule has 1 amide bonds. The Morgan fingerprint density at radius 2 is 2.17 bits per heavy atom. The van der Waals surface area contributed by atoms with Crippen LogP contribution in [0.4, 0.5) is 0 Å². The molecule has 0 aliphatic carbocycles. The van der Waals surface area contributed by atoms with Crippen LogP contribution in [0.15, 0.2) is 29.6 Å². The summed E-state index contributed by atoms with van der Waals surface area (Å²) >= 11 is 1.58. The van der Waals surface area contributed by atoms with Crippen LogP contribution in [-0.2, 0) is 11.2 Å². The second-order valence-electron chi connectivity index (χ2n) is 5.88. The van der Waals surface area contributed by atoms with Gasteiger partial charge in [0.25, 0.3) is 0 Å². The van der Waals surface area contributed by atoms with Gasteiger partial charge >= 0.3 is 0 Å². The molecule has 0 radical (unpaired) electrons. The number of amides is 1. The SMILES string of the molecule is CCCCC(=O)NCCc1csc2nc(-c3ccccc3C)nn12. The van der Waals surface area contributed by atoms with Crippen molar-refractivity contribution in [1.29, 1.82) is 0 Å². The first-order chi connectivity index (χ1) is 11.7. The highest BCUT2D eigenvalue weighted by molar-refractivity contribution is 7.15. The minimum Gasteiger partial charge on any atom is -0.356 e. The van der Waals surface area contributed by atoms with Crippen molar-refractivity contribution < 1.29 is 4.79 Å². The molecule has 0 spiro atoms. The third kappa shape index (κ3) is 3.64. The van der Waals surface area contributed by atoms with Crippen LogP contribution in [0, 0.1) is 6.92 Å². The summed E-state index contributed by atoms with van der Waals surface area (Å²) < 4.78 is 1.89. The van der Waals surface area contributed by atoms with Gasteiger partial charge in [0.15, 0.2) is 5.82 Å². The number of benzene rings is 1. The minimum atomic E-state index is 0.127. The average molecular weight is 342 g/mol. The minimum absolute atomic E-state index is 0.127. The Bertz CT molecular complexity index is 837. The molecule has 0 bridgehead atoms. The summed E-state index contributed by atoms with van der Waals surface area (Å²) in [7, 11) is 0. The van der Waals surface area contributed by atoms with Crippen LogP contribution >= 0.6 is 11.3 Å². The molecule has 0 fully saturated rings. The van der Waals surface area contributed by atoms with E-state index in [1.54, 1.807) is 11.3 Å². The summed E-state index contributed by atoms with van der Waals surface area (Å²) in [5.41, 5.74) is 3.31. The fourth-order valence-electron chi connectivity index (χ4n) is 2.59. The Morgan fingerprint density at radius 3 is 2.96 bits per heavy atom. The van der Waals surface area contributed by atoms with Gasteiger partial charge in [-0.2, -0.15) is 4.98 Å². The highest BCUT2D eigenvalue weighted by atomic mass is 32.1. The molecule has 5 nitrogen and oxygen atoms in total. The third-order valence-electron chi connectivity index (χ3n) is 4.00. The van der Waals surface area contributed by atoms with E-state index in [2.05, 4.69) is 40.7 Å². The van der Waals surface area contributed by atoms with Crippen molar-refractivity contribution in [2.45, 2.75) is 39.5 Å². The predicted octanol–water partition coefficient (Wildman–Crippen LogP) is 3.62. The van der Waals surface area contributed by atoms with Gasteiger partial charge in [-0.3, -0.25) is 4.79 Å². The summed E-state index contributed by atoms with van der Waals surface area (Å²) in [6.45, 7) is 4.79. The normalized spacial score (nSPS) is 11.1. The Kier molecular flexibility index (Phi) is 5.25. The fourth-order valence-corrected chi connectivity index (χ4v) is 3.45. The lowest BCUT2D eigenvalue weighted by Gasteiger charge is -2.03. The van der Waals surface area contributed by atoms with Crippen molar-refractivity contribution in [3.63, 3.8) is 0 Å². The summed E-state index contributed by atoms with van der Waals surface area (Å²) in [5, 5.41) is 9.69. The van der Waals surface area contributed by atoms with Crippen molar-refractivity contribution in [1.82, 2.24) is 19.9 Å². The molecule has 0 atom stereocenters. The number of carbonyl (C=O) groups excluding carboxylic acids is 1. The van der Waals surface area contributed by atoms with E-state index >= 15 is 0 Å². The van der Waals surface area contributed by atoms with Crippen LogP contribution < -0.4 is 5.32 Å². The lowest BCUT2D eigenvalue weighted by molar-refractivity contribution is -0.121. The number of unbranched alkanes of at least 4 members (excludes halogenated alkanes) is 1. The van der Waals surface area contributed by atoms with E-state index in [1.807, 2.05) is 22.7 Å². The maximum absolute atomic E-state index is 11.7. The molecule has 3 rings (SSSR count). The summed E-state index contributed by atoms with van der Waals surface area (Å²) in [5.74, 6) is 0.885. The second-order valence-corrected chi connectivity index (χ2v) is 6.71. The molecule has 126 valence electrons.